The molecular formula is C64H89N11O13S2. The van der Waals surface area contributed by atoms with Crippen molar-refractivity contribution in [3.8, 4) is 11.5 Å². The van der Waals surface area contributed by atoms with Gasteiger partial charge in [-0.2, -0.15) is 0 Å². The molecule has 6 rings (SSSR count). The van der Waals surface area contributed by atoms with Crippen LogP contribution >= 0.6 is 21.6 Å². The van der Waals surface area contributed by atoms with Crippen molar-refractivity contribution in [2.75, 3.05) is 44.4 Å². The van der Waals surface area contributed by atoms with E-state index in [0.29, 0.717) is 54.7 Å². The first-order valence-corrected chi connectivity index (χ1v) is 32.5. The summed E-state index contributed by atoms with van der Waals surface area (Å²) >= 11 is 0. The Hall–Kier alpha value is -7.53. The Bertz CT molecular complexity index is 3050. The minimum atomic E-state index is -1.66. The molecule has 90 heavy (non-hydrogen) atoms. The number of nitrogens with one attached hydrogen (secondary N) is 9. The number of aliphatic hydroxyl groups excluding tert-OH is 4. The van der Waals surface area contributed by atoms with E-state index in [1.54, 1.807) is 66.9 Å². The Kier molecular flexibility index (Phi) is 31.6. The summed E-state index contributed by atoms with van der Waals surface area (Å²) in [6, 6.07) is 22.3. The number of nitrogens with two attached hydrogens (primary N) is 2. The van der Waals surface area contributed by atoms with Gasteiger partial charge < -0.3 is 88.9 Å². The molecule has 2 unspecified atom stereocenters. The van der Waals surface area contributed by atoms with Crippen LogP contribution in [0.25, 0.3) is 10.9 Å². The van der Waals surface area contributed by atoms with Crippen molar-refractivity contribution in [1.29, 1.82) is 0 Å². The minimum absolute atomic E-state index is 0.0340. The average Bonchev–Trinajstić information content (AvgIpc) is 3.41. The van der Waals surface area contributed by atoms with E-state index in [1.165, 1.54) is 13.8 Å². The standard InChI is InChI=1S/C49H66N10O10S2.C15H23NO3/c1-28(61)39(25-60)56-48(68)41-27-71-70-26-40(57-43(63)34(51)21-30-13-5-3-6-14-30)47(67)54-37(22-31-15-7-4-8-16-31)45(65)55-38(23-32-24-52-35-18-10-9-17-33(32)35)46(66)53-36(19-11-12-20-50)44(64)59-42(29(2)62)49(69)58-41;1-4-9-18-14-7-5-6-8-15(14)19-11-13(17)10-16-12(2)3/h3-10,13-18,24,28-29,34,36-42,52,60-62H,11-12,19-23,25-27,50-51H2,1-2H3,(H,53,66)(H,54,67)(H,55,65)(H,56,68)(H,57,63)(H,58,69)(H,59,64);4-8,12-13,16-17H,1,9-11H2,2-3H3/t28-,29?,34-,36+,37+,38-,39-,40+,41+,42+;/m1./s1. The van der Waals surface area contributed by atoms with Crippen molar-refractivity contribution in [1.82, 2.24) is 47.5 Å². The van der Waals surface area contributed by atoms with E-state index < -0.39 is 115 Å². The molecular weight excluding hydrogens is 1190 g/mol. The smallest absolute Gasteiger partial charge is 0.245 e. The van der Waals surface area contributed by atoms with Crippen LogP contribution < -0.4 is 63.5 Å². The number of aromatic nitrogens is 1. The Morgan fingerprint density at radius 1 is 0.711 bits per heavy atom. The number of hydrogen-bond donors (Lipinski definition) is 15. The molecule has 1 saturated heterocycles. The largest absolute Gasteiger partial charge is 0.487 e. The normalized spacial score (nSPS) is 20.6. The second-order valence-electron chi connectivity index (χ2n) is 22.0. The van der Waals surface area contributed by atoms with Crippen LogP contribution in [0, 0.1) is 0 Å². The molecule has 1 aliphatic heterocycles. The maximum atomic E-state index is 14.7. The topological polar surface area (TPSA) is 383 Å². The van der Waals surface area contributed by atoms with Crippen LogP contribution in [0.3, 0.4) is 0 Å². The van der Waals surface area contributed by atoms with Gasteiger partial charge in [-0.1, -0.05) is 139 Å². The summed E-state index contributed by atoms with van der Waals surface area (Å²) < 4.78 is 11.1. The number of aromatic amines is 1. The van der Waals surface area contributed by atoms with Crippen LogP contribution in [-0.2, 0) is 52.8 Å². The van der Waals surface area contributed by atoms with Crippen molar-refractivity contribution >= 4 is 73.8 Å². The van der Waals surface area contributed by atoms with Gasteiger partial charge in [0.2, 0.25) is 41.4 Å². The van der Waals surface area contributed by atoms with Crippen LogP contribution in [-0.4, -0.2) is 184 Å². The number of H-pyrrole nitrogens is 1. The third kappa shape index (κ3) is 24.7. The van der Waals surface area contributed by atoms with Crippen LogP contribution in [0.1, 0.15) is 63.6 Å². The lowest BCUT2D eigenvalue weighted by molar-refractivity contribution is -0.136. The Labute approximate surface area is 533 Å². The van der Waals surface area contributed by atoms with E-state index in [2.05, 4.69) is 54.1 Å². The Balaban J connectivity index is 0.000000660. The lowest BCUT2D eigenvalue weighted by Gasteiger charge is -2.29. The van der Waals surface area contributed by atoms with Gasteiger partial charge in [-0.25, -0.2) is 0 Å². The van der Waals surface area contributed by atoms with E-state index in [1.807, 2.05) is 68.4 Å². The van der Waals surface area contributed by atoms with Crippen LogP contribution in [0.4, 0.5) is 0 Å². The molecule has 7 amide bonds. The highest BCUT2D eigenvalue weighted by Crippen LogP contribution is 2.27. The minimum Gasteiger partial charge on any atom is -0.487 e. The first kappa shape index (κ1) is 73.2. The number of carbonyl (C=O) groups is 7. The van der Waals surface area contributed by atoms with E-state index in [9.17, 15) is 54.0 Å². The third-order valence-corrected chi connectivity index (χ3v) is 16.7. The number of carbonyl (C=O) groups excluding carboxylic acids is 7. The highest BCUT2D eigenvalue weighted by molar-refractivity contribution is 8.76. The van der Waals surface area contributed by atoms with Gasteiger partial charge in [0.25, 0.3) is 0 Å². The van der Waals surface area contributed by atoms with Crippen molar-refractivity contribution in [2.45, 2.75) is 139 Å². The van der Waals surface area contributed by atoms with Gasteiger partial charge in [-0.3, -0.25) is 33.6 Å². The van der Waals surface area contributed by atoms with Crippen molar-refractivity contribution in [3.63, 3.8) is 0 Å². The predicted molar refractivity (Wildman–Crippen MR) is 349 cm³/mol. The Morgan fingerprint density at radius 3 is 1.93 bits per heavy atom. The second kappa shape index (κ2) is 38.9. The molecule has 17 N–H and O–H groups in total. The van der Waals surface area contributed by atoms with Crippen molar-refractivity contribution < 1.29 is 63.5 Å². The van der Waals surface area contributed by atoms with E-state index in [0.717, 1.165) is 38.1 Å². The van der Waals surface area contributed by atoms with Gasteiger partial charge >= 0.3 is 0 Å². The molecule has 26 heteroatoms. The molecule has 5 aromatic rings. The first-order valence-electron chi connectivity index (χ1n) is 30.0. The lowest BCUT2D eigenvalue weighted by atomic mass is 10.0. The fourth-order valence-electron chi connectivity index (χ4n) is 9.18. The summed E-state index contributed by atoms with van der Waals surface area (Å²) in [6.07, 6.45) is 0.976. The highest BCUT2D eigenvalue weighted by atomic mass is 33.1. The molecule has 0 aliphatic carbocycles. The lowest BCUT2D eigenvalue weighted by Crippen LogP contribution is -2.62. The summed E-state index contributed by atoms with van der Waals surface area (Å²) in [6.45, 7) is 11.1. The van der Waals surface area contributed by atoms with Gasteiger partial charge in [-0.15, -0.1) is 0 Å². The number of amides is 7. The fraction of sp³-hybridized carbons (Fsp3) is 0.453. The third-order valence-electron chi connectivity index (χ3n) is 14.2. The molecule has 1 aliphatic rings. The average molecular weight is 1280 g/mol. The van der Waals surface area contributed by atoms with Gasteiger partial charge in [0.05, 0.1) is 30.9 Å². The van der Waals surface area contributed by atoms with Gasteiger partial charge in [-0.05, 0) is 81.0 Å². The van der Waals surface area contributed by atoms with Crippen molar-refractivity contribution in [3.05, 3.63) is 145 Å². The van der Waals surface area contributed by atoms with Gasteiger partial charge in [0.15, 0.2) is 11.5 Å². The van der Waals surface area contributed by atoms with Crippen LogP contribution in [0.15, 0.2) is 128 Å². The van der Waals surface area contributed by atoms with E-state index in [4.69, 9.17) is 20.9 Å². The number of unbranched alkanes of at least 4 members (excludes halogenated alkanes) is 1. The predicted octanol–water partition coefficient (Wildman–Crippen LogP) is 1.18. The SMILES string of the molecule is C=CCOc1ccccc1OCC(O)CNC(C)C.CC(O)[C@@H]1NC(=O)[C@H](CCCCN)NC(=O)[C@@H](Cc2c[nH]c3ccccc23)NC(=O)[C@H](Cc2ccccc2)NC(=O)[C@@H](NC(=O)[C@H](N)Cc2ccccc2)CSSC[C@@H](C(=O)N[C@H](CO)[C@@H](C)O)NC1=O. The monoisotopic (exact) mass is 1280 g/mol. The number of ether oxygens (including phenoxy) is 2. The van der Waals surface area contributed by atoms with E-state index in [-0.39, 0.29) is 50.3 Å². The Morgan fingerprint density at radius 2 is 1.30 bits per heavy atom. The molecule has 1 aromatic heterocycles. The zero-order chi connectivity index (χ0) is 65.5. The van der Waals surface area contributed by atoms with Gasteiger partial charge in [0.1, 0.15) is 55.6 Å². The second-order valence-corrected chi connectivity index (χ2v) is 24.6. The summed E-state index contributed by atoms with van der Waals surface area (Å²) in [5.41, 5.74) is 15.0. The zero-order valence-corrected chi connectivity index (χ0v) is 52.9. The van der Waals surface area contributed by atoms with Crippen LogP contribution in [0.5, 0.6) is 11.5 Å². The molecule has 2 heterocycles. The molecule has 11 atom stereocenters. The quantitative estimate of drug-likeness (QED) is 0.0210. The number of hydrogen-bond acceptors (Lipinski definition) is 18. The molecule has 0 radical (unpaired) electrons. The van der Waals surface area contributed by atoms with Crippen molar-refractivity contribution in [2.24, 2.45) is 11.5 Å². The van der Waals surface area contributed by atoms with E-state index >= 15 is 0 Å². The maximum absolute atomic E-state index is 14.7. The first-order chi connectivity index (χ1) is 43.2. The summed E-state index contributed by atoms with van der Waals surface area (Å²) in [5, 5.41) is 63.4. The molecule has 490 valence electrons. The molecule has 0 bridgehead atoms. The summed E-state index contributed by atoms with van der Waals surface area (Å²) in [5.74, 6) is -4.72. The molecule has 0 saturated carbocycles. The maximum Gasteiger partial charge on any atom is 0.245 e. The molecule has 1 fully saturated rings. The molecule has 0 spiro atoms. The van der Waals surface area contributed by atoms with Gasteiger partial charge in [0, 0.05) is 54.0 Å². The number of fused-ring (bicyclic) bond motifs is 1. The molecule has 4 aromatic carbocycles. The highest BCUT2D eigenvalue weighted by Gasteiger charge is 2.37. The number of benzene rings is 4. The number of rotatable bonds is 26. The number of para-hydroxylation sites is 3. The van der Waals surface area contributed by atoms with Crippen LogP contribution in [0.2, 0.25) is 0 Å². The summed E-state index contributed by atoms with van der Waals surface area (Å²) in [7, 11) is 2.06. The summed E-state index contributed by atoms with van der Waals surface area (Å²) in [4.78, 5) is 103. The fourth-order valence-corrected chi connectivity index (χ4v) is 11.5. The number of aliphatic hydroxyl groups is 4. The molecule has 24 nitrogen and oxygen atoms in total. The zero-order valence-electron chi connectivity index (χ0n) is 51.3.